The van der Waals surface area contributed by atoms with E-state index in [0.717, 1.165) is 48.3 Å². The van der Waals surface area contributed by atoms with Crippen molar-refractivity contribution in [2.45, 2.75) is 57.7 Å². The van der Waals surface area contributed by atoms with Crippen molar-refractivity contribution in [3.05, 3.63) is 112 Å². The van der Waals surface area contributed by atoms with Gasteiger partial charge in [0, 0.05) is 18.3 Å². The first-order valence-electron chi connectivity index (χ1n) is 14.2. The lowest BCUT2D eigenvalue weighted by Crippen LogP contribution is -2.44. The Hall–Kier alpha value is -4.50. The van der Waals surface area contributed by atoms with Crippen molar-refractivity contribution in [2.24, 2.45) is 0 Å². The average Bonchev–Trinajstić information content (AvgIpc) is 3.41. The topological polar surface area (TPSA) is 117 Å². The van der Waals surface area contributed by atoms with Crippen molar-refractivity contribution in [1.82, 2.24) is 15.0 Å². The standard InChI is InChI=1S/C33H35N5O3S/c1-22-17-19-24(20-18-22)29(32(40)35-21-23-11-5-2-6-12-23)38(26-15-9-4-10-16-26)33(41)30-27(34)28(37-42-30)31(39)36-25-13-7-3-8-14-25/h2,4-6,9-12,15-20,25,29H,3,7-8,13-14,21,34H2,1H3,(H,35,40)(H,36,39)/t29-/m0/s1. The lowest BCUT2D eigenvalue weighted by Gasteiger charge is -2.31. The molecule has 1 fully saturated rings. The minimum absolute atomic E-state index is 0.0200. The van der Waals surface area contributed by atoms with Gasteiger partial charge in [-0.2, -0.15) is 4.37 Å². The molecule has 4 N–H and O–H groups in total. The van der Waals surface area contributed by atoms with Crippen molar-refractivity contribution in [3.63, 3.8) is 0 Å². The summed E-state index contributed by atoms with van der Waals surface area (Å²) < 4.78 is 4.30. The average molecular weight is 582 g/mol. The van der Waals surface area contributed by atoms with Gasteiger partial charge in [-0.15, -0.1) is 0 Å². The smallest absolute Gasteiger partial charge is 0.273 e. The third-order valence-electron chi connectivity index (χ3n) is 7.54. The number of aryl methyl sites for hydroxylation is 1. The summed E-state index contributed by atoms with van der Waals surface area (Å²) in [4.78, 5) is 43.0. The maximum absolute atomic E-state index is 14.4. The van der Waals surface area contributed by atoms with Crippen molar-refractivity contribution in [3.8, 4) is 0 Å². The highest BCUT2D eigenvalue weighted by molar-refractivity contribution is 7.09. The number of nitrogen functional groups attached to an aromatic ring is 1. The van der Waals surface area contributed by atoms with Gasteiger partial charge in [0.25, 0.3) is 11.8 Å². The predicted molar refractivity (Wildman–Crippen MR) is 166 cm³/mol. The van der Waals surface area contributed by atoms with Crippen molar-refractivity contribution in [2.75, 3.05) is 10.6 Å². The van der Waals surface area contributed by atoms with E-state index in [1.807, 2.05) is 79.7 Å². The SMILES string of the molecule is Cc1ccc([C@@H](C(=O)NCc2ccccc2)N(C(=O)c2snc(C(=O)NC3CCCCC3)c2N)c2ccccc2)cc1. The molecule has 5 rings (SSSR count). The summed E-state index contributed by atoms with van der Waals surface area (Å²) in [5.41, 5.74) is 9.62. The fourth-order valence-electron chi connectivity index (χ4n) is 5.25. The van der Waals surface area contributed by atoms with E-state index in [9.17, 15) is 14.4 Å². The van der Waals surface area contributed by atoms with Crippen LogP contribution in [0.4, 0.5) is 11.4 Å². The first-order chi connectivity index (χ1) is 20.4. The molecular weight excluding hydrogens is 546 g/mol. The number of hydrogen-bond acceptors (Lipinski definition) is 6. The summed E-state index contributed by atoms with van der Waals surface area (Å²) in [6.07, 6.45) is 5.14. The third-order valence-corrected chi connectivity index (χ3v) is 8.39. The van der Waals surface area contributed by atoms with Crippen LogP contribution in [0.5, 0.6) is 0 Å². The number of amides is 3. The Bertz CT molecular complexity index is 1520. The van der Waals surface area contributed by atoms with E-state index in [1.54, 1.807) is 12.1 Å². The normalized spacial score (nSPS) is 14.1. The minimum atomic E-state index is -1.01. The van der Waals surface area contributed by atoms with Gasteiger partial charge in [0.1, 0.15) is 10.9 Å². The first-order valence-corrected chi connectivity index (χ1v) is 15.0. The van der Waals surface area contributed by atoms with Gasteiger partial charge in [0.2, 0.25) is 5.91 Å². The quantitative estimate of drug-likeness (QED) is 0.231. The highest BCUT2D eigenvalue weighted by Crippen LogP contribution is 2.33. The number of rotatable bonds is 9. The largest absolute Gasteiger partial charge is 0.395 e. The summed E-state index contributed by atoms with van der Waals surface area (Å²) in [7, 11) is 0. The number of nitrogens with zero attached hydrogens (tertiary/aromatic N) is 2. The van der Waals surface area contributed by atoms with E-state index in [4.69, 9.17) is 5.73 Å². The number of nitrogens with two attached hydrogens (primary N) is 1. The van der Waals surface area contributed by atoms with Crippen molar-refractivity contribution < 1.29 is 14.4 Å². The zero-order valence-corrected chi connectivity index (χ0v) is 24.4. The monoisotopic (exact) mass is 581 g/mol. The molecule has 8 nitrogen and oxygen atoms in total. The molecule has 0 bridgehead atoms. The fourth-order valence-corrected chi connectivity index (χ4v) is 5.98. The highest BCUT2D eigenvalue weighted by atomic mass is 32.1. The van der Waals surface area contributed by atoms with Crippen LogP contribution in [0.2, 0.25) is 0 Å². The molecule has 1 aliphatic carbocycles. The Morgan fingerprint density at radius 1 is 0.929 bits per heavy atom. The van der Waals surface area contributed by atoms with Crippen molar-refractivity contribution >= 4 is 40.6 Å². The molecule has 1 aliphatic rings. The summed E-state index contributed by atoms with van der Waals surface area (Å²) >= 11 is 0.876. The second-order valence-corrected chi connectivity index (χ2v) is 11.4. The van der Waals surface area contributed by atoms with Crippen LogP contribution in [-0.2, 0) is 11.3 Å². The van der Waals surface area contributed by atoms with Crippen LogP contribution >= 0.6 is 11.5 Å². The zero-order chi connectivity index (χ0) is 29.5. The number of nitrogens with one attached hydrogen (secondary N) is 2. The summed E-state index contributed by atoms with van der Waals surface area (Å²) in [5, 5.41) is 6.04. The van der Waals surface area contributed by atoms with E-state index in [1.165, 1.54) is 11.3 Å². The van der Waals surface area contributed by atoms with Crippen LogP contribution in [0.15, 0.2) is 84.9 Å². The molecule has 1 heterocycles. The fraction of sp³-hybridized carbons (Fsp3) is 0.273. The minimum Gasteiger partial charge on any atom is -0.395 e. The van der Waals surface area contributed by atoms with E-state index in [2.05, 4.69) is 15.0 Å². The molecule has 216 valence electrons. The number of benzene rings is 3. The molecule has 1 saturated carbocycles. The van der Waals surface area contributed by atoms with Crippen LogP contribution in [0.3, 0.4) is 0 Å². The van der Waals surface area contributed by atoms with Crippen LogP contribution in [0.25, 0.3) is 0 Å². The van der Waals surface area contributed by atoms with Gasteiger partial charge in [-0.3, -0.25) is 19.3 Å². The molecule has 0 saturated heterocycles. The molecule has 42 heavy (non-hydrogen) atoms. The molecule has 9 heteroatoms. The zero-order valence-electron chi connectivity index (χ0n) is 23.6. The van der Waals surface area contributed by atoms with E-state index < -0.39 is 11.9 Å². The van der Waals surface area contributed by atoms with Crippen molar-refractivity contribution in [1.29, 1.82) is 0 Å². The Labute approximate surface area is 250 Å². The van der Waals surface area contributed by atoms with E-state index in [0.29, 0.717) is 17.8 Å². The summed E-state index contributed by atoms with van der Waals surface area (Å²) in [5.74, 6) is -1.23. The lowest BCUT2D eigenvalue weighted by molar-refractivity contribution is -0.122. The van der Waals surface area contributed by atoms with Crippen LogP contribution < -0.4 is 21.3 Å². The molecule has 4 aromatic rings. The van der Waals surface area contributed by atoms with Crippen LogP contribution in [-0.4, -0.2) is 28.1 Å². The molecule has 3 amide bonds. The van der Waals surface area contributed by atoms with Gasteiger partial charge in [-0.05, 0) is 54.6 Å². The van der Waals surface area contributed by atoms with Gasteiger partial charge in [-0.1, -0.05) is 97.6 Å². The summed E-state index contributed by atoms with van der Waals surface area (Å²) in [6, 6.07) is 25.2. The van der Waals surface area contributed by atoms with Gasteiger partial charge in [-0.25, -0.2) is 0 Å². The second kappa shape index (κ2) is 13.4. The Morgan fingerprint density at radius 3 is 2.24 bits per heavy atom. The van der Waals surface area contributed by atoms with E-state index in [-0.39, 0.29) is 34.1 Å². The number of aromatic nitrogens is 1. The summed E-state index contributed by atoms with van der Waals surface area (Å²) in [6.45, 7) is 2.26. The van der Waals surface area contributed by atoms with Gasteiger partial charge >= 0.3 is 0 Å². The van der Waals surface area contributed by atoms with Gasteiger partial charge in [0.15, 0.2) is 5.69 Å². The Morgan fingerprint density at radius 2 is 1.57 bits per heavy atom. The highest BCUT2D eigenvalue weighted by Gasteiger charge is 2.36. The van der Waals surface area contributed by atoms with E-state index >= 15 is 0 Å². The molecule has 0 unspecified atom stereocenters. The second-order valence-electron chi connectivity index (χ2n) is 10.6. The maximum atomic E-state index is 14.4. The predicted octanol–water partition coefficient (Wildman–Crippen LogP) is 5.80. The van der Waals surface area contributed by atoms with Crippen LogP contribution in [0, 0.1) is 6.92 Å². The first kappa shape index (κ1) is 29.0. The lowest BCUT2D eigenvalue weighted by atomic mass is 9.95. The number of carbonyl (C=O) groups excluding carboxylic acids is 3. The molecular formula is C33H35N5O3S. The Balaban J connectivity index is 1.50. The van der Waals surface area contributed by atoms with Gasteiger partial charge in [0.05, 0.1) is 5.69 Å². The number of carbonyl (C=O) groups is 3. The molecule has 1 atom stereocenters. The number of para-hydroxylation sites is 1. The molecule has 1 aromatic heterocycles. The van der Waals surface area contributed by atoms with Crippen LogP contribution in [0.1, 0.15) is 75.0 Å². The Kier molecular flexibility index (Phi) is 9.28. The number of anilines is 2. The number of hydrogen-bond donors (Lipinski definition) is 3. The molecule has 0 aliphatic heterocycles. The molecule has 0 spiro atoms. The molecule has 0 radical (unpaired) electrons. The third kappa shape index (κ3) is 6.69. The maximum Gasteiger partial charge on any atom is 0.273 e. The molecule has 3 aromatic carbocycles. The van der Waals surface area contributed by atoms with Gasteiger partial charge < -0.3 is 16.4 Å².